The van der Waals surface area contributed by atoms with Crippen LogP contribution < -0.4 is 24.6 Å². The second-order valence-electron chi connectivity index (χ2n) is 15.7. The molecule has 57 heavy (non-hydrogen) atoms. The third kappa shape index (κ3) is 14.3. The summed E-state index contributed by atoms with van der Waals surface area (Å²) in [5, 5.41) is 3.33. The lowest BCUT2D eigenvalue weighted by atomic mass is 10.1. The number of benzene rings is 2. The molecule has 4 fully saturated rings. The Kier molecular flexibility index (Phi) is 15.1. The summed E-state index contributed by atoms with van der Waals surface area (Å²) in [6.45, 7) is 18.9. The molecule has 18 heteroatoms. The molecule has 0 radical (unpaired) electrons. The van der Waals surface area contributed by atoms with Crippen molar-refractivity contribution in [1.82, 2.24) is 20.0 Å². The fourth-order valence-corrected chi connectivity index (χ4v) is 7.23. The van der Waals surface area contributed by atoms with Gasteiger partial charge in [0.1, 0.15) is 17.1 Å². The summed E-state index contributed by atoms with van der Waals surface area (Å²) in [5.74, 6) is -0.300. The number of nitrogens with one attached hydrogen (secondary N) is 1. The molecule has 2 aromatic rings. The molecule has 0 unspecified atom stereocenters. The summed E-state index contributed by atoms with van der Waals surface area (Å²) in [6, 6.07) is 10.3. The molecule has 0 bridgehead atoms. The molecule has 1 N–H and O–H groups in total. The molecular weight excluding hydrogens is 762 g/mol. The fourth-order valence-electron chi connectivity index (χ4n) is 7.23. The van der Waals surface area contributed by atoms with Crippen molar-refractivity contribution < 1.29 is 54.8 Å². The summed E-state index contributed by atoms with van der Waals surface area (Å²) in [7, 11) is 0. The van der Waals surface area contributed by atoms with Gasteiger partial charge >= 0.3 is 18.8 Å². The Bertz CT molecular complexity index is 1600. The third-order valence-electron chi connectivity index (χ3n) is 9.89. The van der Waals surface area contributed by atoms with Gasteiger partial charge in [-0.05, 0) is 46.8 Å². The maximum atomic E-state index is 13.1. The SMILES string of the molecule is C[C@@H]1CN(Cc2ccc(N3CCOCC3)cc2OC(F)(F)F)CCN1.C[C@@H]1CN(Cc2ccc(N3CCOCC3)cc2OC(F)(F)F)CCN1C(=O)OC(C)(C)C. The van der Waals surface area contributed by atoms with E-state index in [1.165, 1.54) is 12.1 Å². The molecule has 0 aliphatic carbocycles. The fraction of sp³-hybridized carbons (Fsp3) is 0.667. The number of nitrogens with zero attached hydrogens (tertiary/aromatic N) is 5. The highest BCUT2D eigenvalue weighted by atomic mass is 19.4. The van der Waals surface area contributed by atoms with Crippen LogP contribution in [0.2, 0.25) is 0 Å². The van der Waals surface area contributed by atoms with Crippen LogP contribution in [-0.2, 0) is 27.3 Å². The second-order valence-corrected chi connectivity index (χ2v) is 15.7. The van der Waals surface area contributed by atoms with E-state index in [1.54, 1.807) is 17.0 Å². The summed E-state index contributed by atoms with van der Waals surface area (Å²) in [5.41, 5.74) is 1.85. The van der Waals surface area contributed by atoms with Crippen molar-refractivity contribution in [2.45, 2.75) is 78.1 Å². The van der Waals surface area contributed by atoms with E-state index < -0.39 is 18.3 Å². The number of amides is 1. The maximum Gasteiger partial charge on any atom is 0.573 e. The lowest BCUT2D eigenvalue weighted by Crippen LogP contribution is -2.54. The molecule has 4 aliphatic rings. The lowest BCUT2D eigenvalue weighted by molar-refractivity contribution is -0.276. The number of halogens is 6. The molecule has 320 valence electrons. The zero-order valence-corrected chi connectivity index (χ0v) is 33.4. The van der Waals surface area contributed by atoms with Crippen LogP contribution in [0.25, 0.3) is 0 Å². The van der Waals surface area contributed by atoms with Crippen molar-refractivity contribution in [3.63, 3.8) is 0 Å². The molecule has 12 nitrogen and oxygen atoms in total. The van der Waals surface area contributed by atoms with Crippen LogP contribution in [-0.4, -0.2) is 143 Å². The first kappa shape index (κ1) is 44.4. The minimum absolute atomic E-state index is 0.109. The molecular formula is C39H56F6N6O6. The van der Waals surface area contributed by atoms with Gasteiger partial charge < -0.3 is 43.7 Å². The number of morpholine rings is 2. The quantitative estimate of drug-likeness (QED) is 0.315. The van der Waals surface area contributed by atoms with Crippen LogP contribution in [0.3, 0.4) is 0 Å². The molecule has 2 atom stereocenters. The maximum absolute atomic E-state index is 13.1. The van der Waals surface area contributed by atoms with E-state index in [-0.39, 0.29) is 23.6 Å². The monoisotopic (exact) mass is 818 g/mol. The molecule has 4 aliphatic heterocycles. The van der Waals surface area contributed by atoms with Gasteiger partial charge in [0, 0.05) is 125 Å². The van der Waals surface area contributed by atoms with E-state index in [9.17, 15) is 31.1 Å². The van der Waals surface area contributed by atoms with Gasteiger partial charge in [-0.3, -0.25) is 9.80 Å². The van der Waals surface area contributed by atoms with Gasteiger partial charge in [-0.1, -0.05) is 12.1 Å². The van der Waals surface area contributed by atoms with Gasteiger partial charge in [0.2, 0.25) is 0 Å². The number of piperazine rings is 2. The van der Waals surface area contributed by atoms with E-state index >= 15 is 0 Å². The van der Waals surface area contributed by atoms with Crippen LogP contribution >= 0.6 is 0 Å². The molecule has 6 rings (SSSR count). The van der Waals surface area contributed by atoms with Crippen LogP contribution in [0.4, 0.5) is 42.5 Å². The average Bonchev–Trinajstić information content (AvgIpc) is 3.12. The zero-order chi connectivity index (χ0) is 41.4. The Morgan fingerprint density at radius 2 is 1.18 bits per heavy atom. The van der Waals surface area contributed by atoms with E-state index in [2.05, 4.69) is 26.6 Å². The van der Waals surface area contributed by atoms with E-state index in [0.29, 0.717) is 108 Å². The Balaban J connectivity index is 0.000000224. The van der Waals surface area contributed by atoms with Crippen LogP contribution in [0.15, 0.2) is 36.4 Å². The molecule has 4 saturated heterocycles. The summed E-state index contributed by atoms with van der Waals surface area (Å²) in [4.78, 5) is 22.3. The minimum atomic E-state index is -4.78. The highest BCUT2D eigenvalue weighted by Gasteiger charge is 2.35. The predicted octanol–water partition coefficient (Wildman–Crippen LogP) is 6.08. The van der Waals surface area contributed by atoms with E-state index in [4.69, 9.17) is 14.2 Å². The summed E-state index contributed by atoms with van der Waals surface area (Å²) < 4.78 is 103. The first-order valence-electron chi connectivity index (χ1n) is 19.4. The van der Waals surface area contributed by atoms with Crippen LogP contribution in [0.1, 0.15) is 45.7 Å². The van der Waals surface area contributed by atoms with Crippen molar-refractivity contribution in [2.24, 2.45) is 0 Å². The van der Waals surface area contributed by atoms with Crippen molar-refractivity contribution in [2.75, 3.05) is 102 Å². The van der Waals surface area contributed by atoms with Crippen LogP contribution in [0, 0.1) is 0 Å². The summed E-state index contributed by atoms with van der Waals surface area (Å²) >= 11 is 0. The van der Waals surface area contributed by atoms with Crippen molar-refractivity contribution in [3.8, 4) is 11.5 Å². The topological polar surface area (TPSA) is 91.5 Å². The van der Waals surface area contributed by atoms with Gasteiger partial charge in [0.25, 0.3) is 0 Å². The van der Waals surface area contributed by atoms with Crippen molar-refractivity contribution in [3.05, 3.63) is 47.5 Å². The largest absolute Gasteiger partial charge is 0.573 e. The molecule has 0 aromatic heterocycles. The number of hydrogen-bond acceptors (Lipinski definition) is 11. The van der Waals surface area contributed by atoms with E-state index in [0.717, 1.165) is 25.3 Å². The Morgan fingerprint density at radius 1 is 0.702 bits per heavy atom. The molecule has 1 amide bonds. The Labute approximate surface area is 330 Å². The second kappa shape index (κ2) is 19.4. The Morgan fingerprint density at radius 3 is 1.60 bits per heavy atom. The zero-order valence-electron chi connectivity index (χ0n) is 33.4. The van der Waals surface area contributed by atoms with Gasteiger partial charge in [-0.25, -0.2) is 4.79 Å². The number of carbonyl (C=O) groups excluding carboxylic acids is 1. The smallest absolute Gasteiger partial charge is 0.444 e. The number of ether oxygens (including phenoxy) is 5. The summed E-state index contributed by atoms with van der Waals surface area (Å²) in [6.07, 6.45) is -9.85. The number of hydrogen-bond donors (Lipinski definition) is 1. The van der Waals surface area contributed by atoms with Gasteiger partial charge in [-0.15, -0.1) is 26.3 Å². The predicted molar refractivity (Wildman–Crippen MR) is 203 cm³/mol. The highest BCUT2D eigenvalue weighted by molar-refractivity contribution is 5.68. The molecule has 0 saturated carbocycles. The first-order chi connectivity index (χ1) is 26.8. The van der Waals surface area contributed by atoms with E-state index in [1.807, 2.05) is 54.5 Å². The van der Waals surface area contributed by atoms with Gasteiger partial charge in [-0.2, -0.15) is 0 Å². The number of carbonyl (C=O) groups is 1. The third-order valence-corrected chi connectivity index (χ3v) is 9.89. The normalized spacial score (nSPS) is 21.8. The lowest BCUT2D eigenvalue weighted by Gasteiger charge is -2.40. The average molecular weight is 819 g/mol. The standard InChI is InChI=1S/C22H32F3N3O4.C17H24F3N3O2/c1-16-14-26(7-8-28(16)20(29)32-21(2,3)4)15-17-5-6-18(27-9-11-30-12-10-27)13-19(17)31-22(23,24)25;1-13-11-22(5-4-21-13)12-14-2-3-15(23-6-8-24-9-7-23)10-16(14)25-17(18,19)20/h5-6,13,16H,7-12,14-15H2,1-4H3;2-3,10,13,21H,4-9,11-12H2,1H3/t16-;13-/m11/s1. The number of alkyl halides is 6. The van der Waals surface area contributed by atoms with Gasteiger partial charge in [0.05, 0.1) is 26.4 Å². The van der Waals surface area contributed by atoms with Crippen LogP contribution in [0.5, 0.6) is 11.5 Å². The Hall–Kier alpha value is -3.71. The number of rotatable bonds is 8. The van der Waals surface area contributed by atoms with Crippen molar-refractivity contribution >= 4 is 17.5 Å². The van der Waals surface area contributed by atoms with Crippen molar-refractivity contribution in [1.29, 1.82) is 0 Å². The molecule has 2 aromatic carbocycles. The van der Waals surface area contributed by atoms with Gasteiger partial charge in [0.15, 0.2) is 0 Å². The number of anilines is 2. The highest BCUT2D eigenvalue weighted by Crippen LogP contribution is 2.34. The first-order valence-corrected chi connectivity index (χ1v) is 19.4. The molecule has 0 spiro atoms. The molecule has 4 heterocycles. The minimum Gasteiger partial charge on any atom is -0.444 e.